The monoisotopic (exact) mass is 431 g/mol. The highest BCUT2D eigenvalue weighted by atomic mass is 19.1. The number of hydrogen-bond acceptors (Lipinski definition) is 4. The Morgan fingerprint density at radius 1 is 0.875 bits per heavy atom. The number of nitrogens with one attached hydrogen (secondary N) is 2. The number of rotatable bonds is 4. The third kappa shape index (κ3) is 3.08. The molecular formula is C25H22FN3O3. The van der Waals surface area contributed by atoms with Crippen molar-refractivity contribution in [3.8, 4) is 0 Å². The first-order chi connectivity index (χ1) is 15.5. The van der Waals surface area contributed by atoms with Crippen molar-refractivity contribution in [1.82, 2.24) is 10.6 Å². The zero-order chi connectivity index (χ0) is 22.3. The van der Waals surface area contributed by atoms with Crippen molar-refractivity contribution in [2.24, 2.45) is 0 Å². The van der Waals surface area contributed by atoms with E-state index in [4.69, 9.17) is 0 Å². The quantitative estimate of drug-likeness (QED) is 0.489. The molecular weight excluding hydrogens is 409 g/mol. The predicted octanol–water partition coefficient (Wildman–Crippen LogP) is 3.55. The second-order valence-electron chi connectivity index (χ2n) is 8.38. The molecule has 1 spiro atoms. The van der Waals surface area contributed by atoms with Gasteiger partial charge in [-0.25, -0.2) is 4.39 Å². The second kappa shape index (κ2) is 7.84. The van der Waals surface area contributed by atoms with Crippen LogP contribution in [0.1, 0.15) is 34.6 Å². The summed E-state index contributed by atoms with van der Waals surface area (Å²) in [5.41, 5.74) is 0.986. The molecule has 2 heterocycles. The first-order valence-electron chi connectivity index (χ1n) is 10.6. The Bertz CT molecular complexity index is 1140. The summed E-state index contributed by atoms with van der Waals surface area (Å²) in [5.74, 6) is -1.77. The highest BCUT2D eigenvalue weighted by Crippen LogP contribution is 2.53. The second-order valence-corrected chi connectivity index (χ2v) is 8.38. The fraction of sp³-hybridized carbons (Fsp3) is 0.240. The lowest BCUT2D eigenvalue weighted by Crippen LogP contribution is -2.54. The molecule has 32 heavy (non-hydrogen) atoms. The smallest absolute Gasteiger partial charge is 0.241 e. The van der Waals surface area contributed by atoms with Crippen molar-refractivity contribution in [1.29, 1.82) is 0 Å². The number of benzene rings is 3. The lowest BCUT2D eigenvalue weighted by molar-refractivity contribution is -0.527. The van der Waals surface area contributed by atoms with Crippen LogP contribution in [0, 0.1) is 15.9 Å². The van der Waals surface area contributed by atoms with E-state index < -0.39 is 29.5 Å². The average molecular weight is 431 g/mol. The molecule has 2 aliphatic rings. The fourth-order valence-corrected chi connectivity index (χ4v) is 5.46. The van der Waals surface area contributed by atoms with Gasteiger partial charge in [0.05, 0.1) is 5.92 Å². The number of carbonyl (C=O) groups is 1. The molecule has 1 amide bonds. The molecule has 5 atom stereocenters. The van der Waals surface area contributed by atoms with Crippen molar-refractivity contribution in [2.45, 2.75) is 29.5 Å². The molecule has 0 aromatic heterocycles. The van der Waals surface area contributed by atoms with Gasteiger partial charge in [0.25, 0.3) is 0 Å². The Kier molecular flexibility index (Phi) is 4.98. The number of halogens is 1. The average Bonchev–Trinajstić information content (AvgIpc) is 3.34. The van der Waals surface area contributed by atoms with Crippen LogP contribution in [0.25, 0.3) is 0 Å². The van der Waals surface area contributed by atoms with Crippen molar-refractivity contribution in [2.75, 3.05) is 6.54 Å². The number of nitro groups is 1. The van der Waals surface area contributed by atoms with E-state index in [0.29, 0.717) is 6.54 Å². The normalized spacial score (nSPS) is 29.2. The Hall–Kier alpha value is -3.58. The Morgan fingerprint density at radius 3 is 2.06 bits per heavy atom. The minimum absolute atomic E-state index is 0.272. The van der Waals surface area contributed by atoms with E-state index in [1.165, 1.54) is 12.1 Å². The predicted molar refractivity (Wildman–Crippen MR) is 117 cm³/mol. The van der Waals surface area contributed by atoms with Crippen LogP contribution in [0.4, 0.5) is 4.39 Å². The highest BCUT2D eigenvalue weighted by molar-refractivity contribution is 5.92. The molecule has 3 aromatic carbocycles. The molecule has 6 nitrogen and oxygen atoms in total. The third-order valence-electron chi connectivity index (χ3n) is 6.79. The first kappa shape index (κ1) is 20.3. The van der Waals surface area contributed by atoms with Crippen LogP contribution < -0.4 is 10.6 Å². The molecule has 3 aromatic rings. The molecule has 5 rings (SSSR count). The lowest BCUT2D eigenvalue weighted by atomic mass is 9.69. The summed E-state index contributed by atoms with van der Waals surface area (Å²) in [6.45, 7) is 0.312. The van der Waals surface area contributed by atoms with Crippen LogP contribution in [0.3, 0.4) is 0 Å². The summed E-state index contributed by atoms with van der Waals surface area (Å²) >= 11 is 0. The molecule has 0 saturated carbocycles. The van der Waals surface area contributed by atoms with Crippen LogP contribution >= 0.6 is 0 Å². The summed E-state index contributed by atoms with van der Waals surface area (Å²) in [6.07, 6.45) is 0. The van der Waals surface area contributed by atoms with E-state index in [2.05, 4.69) is 10.6 Å². The van der Waals surface area contributed by atoms with Crippen LogP contribution in [0.5, 0.6) is 0 Å². The van der Waals surface area contributed by atoms with Gasteiger partial charge >= 0.3 is 0 Å². The third-order valence-corrected chi connectivity index (χ3v) is 6.79. The minimum Gasteiger partial charge on any atom is -0.354 e. The van der Waals surface area contributed by atoms with E-state index in [9.17, 15) is 19.3 Å². The number of carbonyl (C=O) groups excluding carboxylic acids is 1. The number of nitrogens with zero attached hydrogens (tertiary/aromatic N) is 1. The zero-order valence-electron chi connectivity index (χ0n) is 17.1. The summed E-state index contributed by atoms with van der Waals surface area (Å²) in [6, 6.07) is 22.7. The molecule has 2 aliphatic heterocycles. The molecule has 7 heteroatoms. The van der Waals surface area contributed by atoms with Gasteiger partial charge in [-0.2, -0.15) is 0 Å². The van der Waals surface area contributed by atoms with E-state index in [1.54, 1.807) is 12.1 Å². The van der Waals surface area contributed by atoms with Crippen molar-refractivity contribution in [3.63, 3.8) is 0 Å². The van der Waals surface area contributed by atoms with Gasteiger partial charge in [-0.15, -0.1) is 0 Å². The van der Waals surface area contributed by atoms with Gasteiger partial charge in [0.2, 0.25) is 11.9 Å². The van der Waals surface area contributed by atoms with E-state index in [-0.39, 0.29) is 16.6 Å². The highest BCUT2D eigenvalue weighted by Gasteiger charge is 2.68. The Labute approximate surface area is 184 Å². The standard InChI is InChI=1S/C25H22FN3O3/c26-19-13-11-16(12-14-19)20-15-27-24(30)25(20)21(17-7-3-1-4-8-17)23(29(31)32)22(28-25)18-9-5-2-6-10-18/h1-14,20-23,28H,15H2,(H,27,30)/t20-,21-,22-,23-,25-/m0/s1. The maximum absolute atomic E-state index is 13.6. The molecule has 2 saturated heterocycles. The summed E-state index contributed by atoms with van der Waals surface area (Å²) < 4.78 is 13.6. The van der Waals surface area contributed by atoms with Crippen LogP contribution in [-0.4, -0.2) is 29.0 Å². The van der Waals surface area contributed by atoms with Gasteiger partial charge in [0, 0.05) is 17.4 Å². The number of amides is 1. The maximum atomic E-state index is 13.6. The lowest BCUT2D eigenvalue weighted by Gasteiger charge is -2.34. The summed E-state index contributed by atoms with van der Waals surface area (Å²) in [5, 5.41) is 18.8. The van der Waals surface area contributed by atoms with Gasteiger partial charge in [0.1, 0.15) is 17.4 Å². The van der Waals surface area contributed by atoms with E-state index >= 15 is 0 Å². The van der Waals surface area contributed by atoms with Crippen molar-refractivity contribution < 1.29 is 14.1 Å². The molecule has 162 valence electrons. The van der Waals surface area contributed by atoms with Gasteiger partial charge in [-0.05, 0) is 28.8 Å². The topological polar surface area (TPSA) is 84.3 Å². The molecule has 2 N–H and O–H groups in total. The molecule has 0 unspecified atom stereocenters. The summed E-state index contributed by atoms with van der Waals surface area (Å²) in [4.78, 5) is 25.7. The first-order valence-corrected chi connectivity index (χ1v) is 10.6. The fourth-order valence-electron chi connectivity index (χ4n) is 5.46. The molecule has 0 radical (unpaired) electrons. The maximum Gasteiger partial charge on any atom is 0.241 e. The number of hydrogen-bond donors (Lipinski definition) is 2. The van der Waals surface area contributed by atoms with Gasteiger partial charge in [-0.3, -0.25) is 20.2 Å². The Morgan fingerprint density at radius 2 is 1.47 bits per heavy atom. The van der Waals surface area contributed by atoms with Crippen LogP contribution in [0.2, 0.25) is 0 Å². The molecule has 0 bridgehead atoms. The molecule has 2 fully saturated rings. The van der Waals surface area contributed by atoms with E-state index in [1.807, 2.05) is 60.7 Å². The van der Waals surface area contributed by atoms with E-state index in [0.717, 1.165) is 16.7 Å². The van der Waals surface area contributed by atoms with Gasteiger partial charge < -0.3 is 5.32 Å². The summed E-state index contributed by atoms with van der Waals surface area (Å²) in [7, 11) is 0. The van der Waals surface area contributed by atoms with Gasteiger partial charge in [0.15, 0.2) is 0 Å². The zero-order valence-corrected chi connectivity index (χ0v) is 17.1. The largest absolute Gasteiger partial charge is 0.354 e. The van der Waals surface area contributed by atoms with Crippen LogP contribution in [0.15, 0.2) is 84.9 Å². The van der Waals surface area contributed by atoms with Crippen LogP contribution in [-0.2, 0) is 4.79 Å². The minimum atomic E-state index is -1.25. The van der Waals surface area contributed by atoms with Crippen molar-refractivity contribution >= 4 is 5.91 Å². The molecule has 0 aliphatic carbocycles. The SMILES string of the molecule is O=C1NC[C@@H](c2ccc(F)cc2)[C@@]12N[C@@H](c1ccccc1)[C@@H]([N+](=O)[O-])[C@@H]2c1ccccc1. The van der Waals surface area contributed by atoms with Gasteiger partial charge in [-0.1, -0.05) is 72.8 Å². The van der Waals surface area contributed by atoms with Crippen molar-refractivity contribution in [3.05, 3.63) is 118 Å². The Balaban J connectivity index is 1.73.